The molecule has 2 N–H and O–H groups in total. The molecule has 0 bridgehead atoms. The van der Waals surface area contributed by atoms with Crippen molar-refractivity contribution in [2.75, 3.05) is 13.1 Å². The molecule has 1 heterocycles. The maximum Gasteiger partial charge on any atom is 0.122 e. The lowest BCUT2D eigenvalue weighted by molar-refractivity contribution is 0.456. The first kappa shape index (κ1) is 9.53. The van der Waals surface area contributed by atoms with Gasteiger partial charge in [0.05, 0.1) is 0 Å². The first-order valence-corrected chi connectivity index (χ1v) is 5.34. The number of hydrogen-bond donors (Lipinski definition) is 2. The standard InChI is InChI=1S/C12H17NO/c1-2-9-4-3-5-11(12(9)14)10-6-7-13-8-10/h3-5,10,13-14H,2,6-8H2,1H3/t10-/m0/s1. The van der Waals surface area contributed by atoms with Crippen LogP contribution >= 0.6 is 0 Å². The summed E-state index contributed by atoms with van der Waals surface area (Å²) >= 11 is 0. The lowest BCUT2D eigenvalue weighted by Gasteiger charge is -2.13. The molecule has 1 aromatic rings. The van der Waals surface area contributed by atoms with Crippen LogP contribution in [0.4, 0.5) is 0 Å². The van der Waals surface area contributed by atoms with Gasteiger partial charge in [-0.15, -0.1) is 0 Å². The molecule has 0 saturated carbocycles. The Morgan fingerprint density at radius 3 is 3.00 bits per heavy atom. The molecule has 0 aromatic heterocycles. The second kappa shape index (κ2) is 4.01. The maximum absolute atomic E-state index is 10.0. The van der Waals surface area contributed by atoms with Crippen LogP contribution in [0.2, 0.25) is 0 Å². The number of rotatable bonds is 2. The van der Waals surface area contributed by atoms with Crippen LogP contribution in [0.5, 0.6) is 5.75 Å². The molecule has 0 spiro atoms. The second-order valence-corrected chi connectivity index (χ2v) is 3.90. The summed E-state index contributed by atoms with van der Waals surface area (Å²) in [6.07, 6.45) is 2.04. The molecular weight excluding hydrogens is 174 g/mol. The minimum Gasteiger partial charge on any atom is -0.507 e. The van der Waals surface area contributed by atoms with E-state index in [4.69, 9.17) is 0 Å². The van der Waals surface area contributed by atoms with E-state index in [1.165, 1.54) is 0 Å². The molecule has 2 rings (SSSR count). The summed E-state index contributed by atoms with van der Waals surface area (Å²) in [6.45, 7) is 4.15. The molecule has 0 unspecified atom stereocenters. The maximum atomic E-state index is 10.0. The van der Waals surface area contributed by atoms with E-state index in [0.29, 0.717) is 11.7 Å². The Bertz CT molecular complexity index is 316. The van der Waals surface area contributed by atoms with E-state index in [1.807, 2.05) is 18.2 Å². The summed E-state index contributed by atoms with van der Waals surface area (Å²) < 4.78 is 0. The number of hydrogen-bond acceptors (Lipinski definition) is 2. The van der Waals surface area contributed by atoms with Crippen molar-refractivity contribution >= 4 is 0 Å². The van der Waals surface area contributed by atoms with E-state index in [1.54, 1.807) is 0 Å². The molecule has 1 aliphatic heterocycles. The number of nitrogens with one attached hydrogen (secondary N) is 1. The van der Waals surface area contributed by atoms with E-state index >= 15 is 0 Å². The van der Waals surface area contributed by atoms with Crippen LogP contribution < -0.4 is 5.32 Å². The lowest BCUT2D eigenvalue weighted by atomic mass is 9.94. The highest BCUT2D eigenvalue weighted by Gasteiger charge is 2.20. The van der Waals surface area contributed by atoms with E-state index in [-0.39, 0.29) is 0 Å². The van der Waals surface area contributed by atoms with Crippen molar-refractivity contribution in [1.82, 2.24) is 5.32 Å². The molecule has 1 fully saturated rings. The third-order valence-corrected chi connectivity index (χ3v) is 3.03. The van der Waals surface area contributed by atoms with Gasteiger partial charge >= 0.3 is 0 Å². The third kappa shape index (κ3) is 1.62. The van der Waals surface area contributed by atoms with Crippen molar-refractivity contribution in [2.45, 2.75) is 25.7 Å². The Hall–Kier alpha value is -1.02. The van der Waals surface area contributed by atoms with Gasteiger partial charge in [-0.05, 0) is 30.5 Å². The van der Waals surface area contributed by atoms with Gasteiger partial charge in [-0.3, -0.25) is 0 Å². The van der Waals surface area contributed by atoms with Crippen LogP contribution in [0.1, 0.15) is 30.4 Å². The van der Waals surface area contributed by atoms with Crippen molar-refractivity contribution in [3.63, 3.8) is 0 Å². The van der Waals surface area contributed by atoms with E-state index in [9.17, 15) is 5.11 Å². The van der Waals surface area contributed by atoms with Crippen molar-refractivity contribution in [3.8, 4) is 5.75 Å². The van der Waals surface area contributed by atoms with Gasteiger partial charge in [0.2, 0.25) is 0 Å². The molecule has 1 saturated heterocycles. The van der Waals surface area contributed by atoms with Crippen LogP contribution in [0, 0.1) is 0 Å². The van der Waals surface area contributed by atoms with E-state index in [0.717, 1.165) is 37.1 Å². The minimum absolute atomic E-state index is 0.501. The van der Waals surface area contributed by atoms with Crippen LogP contribution in [-0.4, -0.2) is 18.2 Å². The van der Waals surface area contributed by atoms with Crippen molar-refractivity contribution in [2.24, 2.45) is 0 Å². The number of phenolic OH excluding ortho intramolecular Hbond substituents is 1. The van der Waals surface area contributed by atoms with Gasteiger partial charge in [0, 0.05) is 12.5 Å². The van der Waals surface area contributed by atoms with E-state index in [2.05, 4.69) is 12.2 Å². The second-order valence-electron chi connectivity index (χ2n) is 3.90. The molecule has 1 atom stereocenters. The average molecular weight is 191 g/mol. The molecule has 1 aromatic carbocycles. The monoisotopic (exact) mass is 191 g/mol. The summed E-state index contributed by atoms with van der Waals surface area (Å²) in [6, 6.07) is 6.10. The zero-order chi connectivity index (χ0) is 9.97. The quantitative estimate of drug-likeness (QED) is 0.749. The molecule has 0 aliphatic carbocycles. The van der Waals surface area contributed by atoms with Gasteiger partial charge in [0.25, 0.3) is 0 Å². The number of phenols is 1. The lowest BCUT2D eigenvalue weighted by Crippen LogP contribution is -2.08. The zero-order valence-electron chi connectivity index (χ0n) is 8.59. The highest BCUT2D eigenvalue weighted by molar-refractivity contribution is 5.42. The Balaban J connectivity index is 2.32. The summed E-state index contributed by atoms with van der Waals surface area (Å²) in [5.74, 6) is 1.02. The molecule has 14 heavy (non-hydrogen) atoms. The fourth-order valence-electron chi connectivity index (χ4n) is 2.15. The Morgan fingerprint density at radius 2 is 2.36 bits per heavy atom. The van der Waals surface area contributed by atoms with Gasteiger partial charge in [0.15, 0.2) is 0 Å². The first-order chi connectivity index (χ1) is 6.83. The predicted molar refractivity (Wildman–Crippen MR) is 57.7 cm³/mol. The van der Waals surface area contributed by atoms with Crippen molar-refractivity contribution < 1.29 is 5.11 Å². The Labute approximate surface area is 85.0 Å². The molecule has 76 valence electrons. The summed E-state index contributed by atoms with van der Waals surface area (Å²) in [4.78, 5) is 0. The van der Waals surface area contributed by atoms with Crippen LogP contribution in [-0.2, 0) is 6.42 Å². The van der Waals surface area contributed by atoms with Crippen LogP contribution in [0.15, 0.2) is 18.2 Å². The third-order valence-electron chi connectivity index (χ3n) is 3.03. The van der Waals surface area contributed by atoms with Gasteiger partial charge in [-0.25, -0.2) is 0 Å². The fraction of sp³-hybridized carbons (Fsp3) is 0.500. The number of benzene rings is 1. The first-order valence-electron chi connectivity index (χ1n) is 5.34. The summed E-state index contributed by atoms with van der Waals surface area (Å²) in [5, 5.41) is 13.3. The molecule has 2 nitrogen and oxygen atoms in total. The van der Waals surface area contributed by atoms with Gasteiger partial charge in [-0.2, -0.15) is 0 Å². The smallest absolute Gasteiger partial charge is 0.122 e. The average Bonchev–Trinajstić information content (AvgIpc) is 2.71. The van der Waals surface area contributed by atoms with Crippen molar-refractivity contribution in [3.05, 3.63) is 29.3 Å². The normalized spacial score (nSPS) is 21.4. The molecule has 0 radical (unpaired) electrons. The van der Waals surface area contributed by atoms with Gasteiger partial charge in [-0.1, -0.05) is 25.1 Å². The van der Waals surface area contributed by atoms with Gasteiger partial charge < -0.3 is 10.4 Å². The fourth-order valence-corrected chi connectivity index (χ4v) is 2.15. The summed E-state index contributed by atoms with van der Waals surface area (Å²) in [7, 11) is 0. The Kier molecular flexibility index (Phi) is 2.73. The van der Waals surface area contributed by atoms with Gasteiger partial charge in [0.1, 0.15) is 5.75 Å². The molecule has 2 heteroatoms. The highest BCUT2D eigenvalue weighted by atomic mass is 16.3. The molecular formula is C12H17NO. The van der Waals surface area contributed by atoms with Crippen LogP contribution in [0.25, 0.3) is 0 Å². The minimum atomic E-state index is 0.501. The van der Waals surface area contributed by atoms with Crippen molar-refractivity contribution in [1.29, 1.82) is 0 Å². The van der Waals surface area contributed by atoms with E-state index < -0.39 is 0 Å². The number of aromatic hydroxyl groups is 1. The SMILES string of the molecule is CCc1cccc([C@H]2CCNC2)c1O. The topological polar surface area (TPSA) is 32.3 Å². The number of para-hydroxylation sites is 1. The molecule has 1 aliphatic rings. The summed E-state index contributed by atoms with van der Waals surface area (Å²) in [5.41, 5.74) is 2.18. The zero-order valence-corrected chi connectivity index (χ0v) is 8.59. The Morgan fingerprint density at radius 1 is 1.50 bits per heavy atom. The predicted octanol–water partition coefficient (Wildman–Crippen LogP) is 2.03. The molecule has 0 amide bonds. The highest BCUT2D eigenvalue weighted by Crippen LogP contribution is 2.32. The van der Waals surface area contributed by atoms with Crippen LogP contribution in [0.3, 0.4) is 0 Å². The number of aryl methyl sites for hydroxylation is 1. The largest absolute Gasteiger partial charge is 0.507 e.